The standard InChI is InChI=1S/C8H13N3O2S/c1-8(2,3)13-7(12)11-5-4-10-6(9)14-5/h4H,1-3H3,(H2,9,10)(H,11,12). The van der Waals surface area contributed by atoms with Crippen molar-refractivity contribution in [1.82, 2.24) is 4.98 Å². The van der Waals surface area contributed by atoms with Crippen molar-refractivity contribution < 1.29 is 9.53 Å². The molecular weight excluding hydrogens is 202 g/mol. The van der Waals surface area contributed by atoms with Crippen LogP contribution in [0.3, 0.4) is 0 Å². The van der Waals surface area contributed by atoms with E-state index in [-0.39, 0.29) is 0 Å². The summed E-state index contributed by atoms with van der Waals surface area (Å²) in [4.78, 5) is 15.0. The van der Waals surface area contributed by atoms with Crippen LogP contribution in [0.25, 0.3) is 0 Å². The number of anilines is 2. The number of ether oxygens (including phenoxy) is 1. The van der Waals surface area contributed by atoms with E-state index in [2.05, 4.69) is 10.3 Å². The minimum absolute atomic E-state index is 0.413. The number of nitrogens with two attached hydrogens (primary N) is 1. The lowest BCUT2D eigenvalue weighted by Gasteiger charge is -2.19. The first-order valence-electron chi connectivity index (χ1n) is 4.08. The smallest absolute Gasteiger partial charge is 0.412 e. The van der Waals surface area contributed by atoms with Crippen LogP contribution in [0, 0.1) is 0 Å². The van der Waals surface area contributed by atoms with Crippen LogP contribution in [0.1, 0.15) is 20.8 Å². The van der Waals surface area contributed by atoms with Gasteiger partial charge in [0.15, 0.2) is 5.13 Å². The van der Waals surface area contributed by atoms with Crippen LogP contribution in [-0.2, 0) is 4.74 Å². The molecule has 0 unspecified atom stereocenters. The van der Waals surface area contributed by atoms with E-state index in [4.69, 9.17) is 10.5 Å². The highest BCUT2D eigenvalue weighted by Gasteiger charge is 2.16. The van der Waals surface area contributed by atoms with Gasteiger partial charge in [0.25, 0.3) is 0 Å². The van der Waals surface area contributed by atoms with Crippen molar-refractivity contribution in [3.63, 3.8) is 0 Å². The van der Waals surface area contributed by atoms with Gasteiger partial charge in [-0.05, 0) is 20.8 Å². The first-order chi connectivity index (χ1) is 6.37. The monoisotopic (exact) mass is 215 g/mol. The van der Waals surface area contributed by atoms with Gasteiger partial charge in [-0.2, -0.15) is 0 Å². The van der Waals surface area contributed by atoms with Crippen LogP contribution in [0.4, 0.5) is 14.9 Å². The lowest BCUT2D eigenvalue weighted by Crippen LogP contribution is -2.26. The first kappa shape index (κ1) is 10.8. The molecule has 78 valence electrons. The molecule has 0 saturated heterocycles. The molecule has 5 nitrogen and oxygen atoms in total. The van der Waals surface area contributed by atoms with Crippen LogP contribution >= 0.6 is 11.3 Å². The van der Waals surface area contributed by atoms with Crippen LogP contribution in [0.15, 0.2) is 6.20 Å². The zero-order valence-corrected chi connectivity index (χ0v) is 9.14. The summed E-state index contributed by atoms with van der Waals surface area (Å²) in [7, 11) is 0. The molecule has 0 atom stereocenters. The van der Waals surface area contributed by atoms with Gasteiger partial charge in [-0.3, -0.25) is 5.32 Å². The Hall–Kier alpha value is -1.30. The quantitative estimate of drug-likeness (QED) is 0.751. The second kappa shape index (κ2) is 3.83. The Bertz CT molecular complexity index is 330. The second-order valence-electron chi connectivity index (χ2n) is 3.69. The van der Waals surface area contributed by atoms with E-state index in [1.54, 1.807) is 20.8 Å². The summed E-state index contributed by atoms with van der Waals surface area (Å²) in [6, 6.07) is 0. The third kappa shape index (κ3) is 3.61. The maximum atomic E-state index is 11.2. The number of hydrogen-bond acceptors (Lipinski definition) is 5. The number of rotatable bonds is 1. The molecule has 0 aromatic carbocycles. The Morgan fingerprint density at radius 2 is 2.29 bits per heavy atom. The molecule has 1 amide bonds. The molecule has 1 aromatic rings. The van der Waals surface area contributed by atoms with Crippen molar-refractivity contribution in [3.8, 4) is 0 Å². The maximum Gasteiger partial charge on any atom is 0.412 e. The van der Waals surface area contributed by atoms with E-state index in [1.807, 2.05) is 0 Å². The van der Waals surface area contributed by atoms with Crippen molar-refractivity contribution in [2.75, 3.05) is 11.1 Å². The topological polar surface area (TPSA) is 77.2 Å². The molecule has 0 aliphatic carbocycles. The van der Waals surface area contributed by atoms with Crippen LogP contribution in [-0.4, -0.2) is 16.7 Å². The van der Waals surface area contributed by atoms with Crippen LogP contribution in [0.2, 0.25) is 0 Å². The molecule has 1 heterocycles. The van der Waals surface area contributed by atoms with E-state index in [0.29, 0.717) is 10.1 Å². The Morgan fingerprint density at radius 1 is 1.64 bits per heavy atom. The number of thiazole rings is 1. The van der Waals surface area contributed by atoms with E-state index >= 15 is 0 Å². The average Bonchev–Trinajstić information content (AvgIpc) is 2.30. The summed E-state index contributed by atoms with van der Waals surface area (Å²) in [6.07, 6.45) is 0.991. The van der Waals surface area contributed by atoms with Crippen molar-refractivity contribution in [2.45, 2.75) is 26.4 Å². The lowest BCUT2D eigenvalue weighted by molar-refractivity contribution is 0.0636. The Labute approximate surface area is 86.3 Å². The number of aromatic nitrogens is 1. The predicted octanol–water partition coefficient (Wildman–Crippen LogP) is 2.07. The van der Waals surface area contributed by atoms with Crippen molar-refractivity contribution in [2.24, 2.45) is 0 Å². The van der Waals surface area contributed by atoms with E-state index in [1.165, 1.54) is 17.5 Å². The average molecular weight is 215 g/mol. The van der Waals surface area contributed by atoms with Crippen LogP contribution < -0.4 is 11.1 Å². The highest BCUT2D eigenvalue weighted by molar-refractivity contribution is 7.19. The third-order valence-electron chi connectivity index (χ3n) is 1.15. The summed E-state index contributed by atoms with van der Waals surface area (Å²) in [5, 5.41) is 3.53. The lowest BCUT2D eigenvalue weighted by atomic mass is 10.2. The molecule has 6 heteroatoms. The molecule has 0 spiro atoms. The van der Waals surface area contributed by atoms with Gasteiger partial charge >= 0.3 is 6.09 Å². The predicted molar refractivity (Wildman–Crippen MR) is 56.4 cm³/mol. The minimum atomic E-state index is -0.500. The van der Waals surface area contributed by atoms with Crippen molar-refractivity contribution in [3.05, 3.63) is 6.20 Å². The molecule has 1 aromatic heterocycles. The number of carbonyl (C=O) groups is 1. The number of carbonyl (C=O) groups excluding carboxylic acids is 1. The Morgan fingerprint density at radius 3 is 2.71 bits per heavy atom. The summed E-state index contributed by atoms with van der Waals surface area (Å²) >= 11 is 1.20. The largest absolute Gasteiger partial charge is 0.444 e. The van der Waals surface area contributed by atoms with E-state index in [0.717, 1.165) is 0 Å². The fraction of sp³-hybridized carbons (Fsp3) is 0.500. The van der Waals surface area contributed by atoms with Gasteiger partial charge in [-0.15, -0.1) is 0 Å². The molecule has 3 N–H and O–H groups in total. The molecule has 0 aliphatic heterocycles. The van der Waals surface area contributed by atoms with Gasteiger partial charge in [0.05, 0.1) is 6.20 Å². The first-order valence-corrected chi connectivity index (χ1v) is 4.90. The number of nitrogens with one attached hydrogen (secondary N) is 1. The summed E-state index contributed by atoms with van der Waals surface area (Å²) < 4.78 is 5.04. The SMILES string of the molecule is CC(C)(C)OC(=O)Nc1cnc(N)s1. The highest BCUT2D eigenvalue weighted by atomic mass is 32.1. The molecule has 0 radical (unpaired) electrons. The van der Waals surface area contributed by atoms with Crippen LogP contribution in [0.5, 0.6) is 0 Å². The van der Waals surface area contributed by atoms with Gasteiger partial charge in [-0.25, -0.2) is 9.78 Å². The molecule has 14 heavy (non-hydrogen) atoms. The Kier molecular flexibility index (Phi) is 2.95. The molecular formula is C8H13N3O2S. The van der Waals surface area contributed by atoms with Gasteiger partial charge in [0.2, 0.25) is 0 Å². The Balaban J connectivity index is 2.50. The van der Waals surface area contributed by atoms with E-state index in [9.17, 15) is 4.79 Å². The fourth-order valence-corrected chi connectivity index (χ4v) is 1.32. The van der Waals surface area contributed by atoms with E-state index < -0.39 is 11.7 Å². The number of hydrogen-bond donors (Lipinski definition) is 2. The van der Waals surface area contributed by atoms with Crippen molar-refractivity contribution >= 4 is 27.6 Å². The summed E-state index contributed by atoms with van der Waals surface area (Å²) in [6.45, 7) is 5.40. The summed E-state index contributed by atoms with van der Waals surface area (Å²) in [5.41, 5.74) is 4.90. The molecule has 0 aliphatic rings. The highest BCUT2D eigenvalue weighted by Crippen LogP contribution is 2.20. The molecule has 0 saturated carbocycles. The van der Waals surface area contributed by atoms with Gasteiger partial charge in [0, 0.05) is 0 Å². The normalized spacial score (nSPS) is 11.1. The number of nitrogens with zero attached hydrogens (tertiary/aromatic N) is 1. The van der Waals surface area contributed by atoms with Gasteiger partial charge < -0.3 is 10.5 Å². The fourth-order valence-electron chi connectivity index (χ4n) is 0.750. The molecule has 1 rings (SSSR count). The zero-order chi connectivity index (χ0) is 10.8. The van der Waals surface area contributed by atoms with Gasteiger partial charge in [-0.1, -0.05) is 11.3 Å². The number of amides is 1. The molecule has 0 bridgehead atoms. The zero-order valence-electron chi connectivity index (χ0n) is 8.33. The number of nitrogen functional groups attached to an aromatic ring is 1. The second-order valence-corrected chi connectivity index (χ2v) is 4.75. The van der Waals surface area contributed by atoms with Crippen molar-refractivity contribution in [1.29, 1.82) is 0 Å². The maximum absolute atomic E-state index is 11.2. The summed E-state index contributed by atoms with van der Waals surface area (Å²) in [5.74, 6) is 0. The molecule has 0 fully saturated rings. The third-order valence-corrected chi connectivity index (χ3v) is 1.89. The van der Waals surface area contributed by atoms with Gasteiger partial charge in [0.1, 0.15) is 10.6 Å². The minimum Gasteiger partial charge on any atom is -0.444 e.